The van der Waals surface area contributed by atoms with E-state index in [4.69, 9.17) is 5.73 Å². The van der Waals surface area contributed by atoms with Gasteiger partial charge in [-0.2, -0.15) is 0 Å². The number of urea groups is 1. The van der Waals surface area contributed by atoms with Gasteiger partial charge in [0.1, 0.15) is 23.0 Å². The van der Waals surface area contributed by atoms with E-state index in [2.05, 4.69) is 29.5 Å². The summed E-state index contributed by atoms with van der Waals surface area (Å²) in [6, 6.07) is 9.82. The van der Waals surface area contributed by atoms with Gasteiger partial charge in [0.2, 0.25) is 0 Å². The normalized spacial score (nSPS) is 18.2. The minimum absolute atomic E-state index is 0.0314. The van der Waals surface area contributed by atoms with Crippen molar-refractivity contribution in [1.29, 1.82) is 0 Å². The second kappa shape index (κ2) is 10.6. The number of anilines is 1. The van der Waals surface area contributed by atoms with Crippen molar-refractivity contribution >= 4 is 23.3 Å². The van der Waals surface area contributed by atoms with Gasteiger partial charge in [0.05, 0.1) is 0 Å². The fourth-order valence-electron chi connectivity index (χ4n) is 4.13. The summed E-state index contributed by atoms with van der Waals surface area (Å²) in [5.41, 5.74) is 8.08. The van der Waals surface area contributed by atoms with E-state index in [1.807, 2.05) is 31.2 Å². The number of rotatable bonds is 7. The minimum Gasteiger partial charge on any atom is -0.384 e. The molecule has 0 fully saturated rings. The number of halogens is 2. The summed E-state index contributed by atoms with van der Waals surface area (Å²) in [5, 5.41) is 5.05. The topological polar surface area (TPSA) is 96.6 Å². The lowest BCUT2D eigenvalue weighted by Gasteiger charge is -2.25. The summed E-state index contributed by atoms with van der Waals surface area (Å²) >= 11 is 0. The molecule has 0 spiro atoms. The predicted octanol–water partition coefficient (Wildman–Crippen LogP) is 4.89. The summed E-state index contributed by atoms with van der Waals surface area (Å²) in [5.74, 6) is -0.778. The lowest BCUT2D eigenvalue weighted by atomic mass is 9.84. The van der Waals surface area contributed by atoms with Crippen LogP contribution in [0, 0.1) is 17.6 Å². The molecule has 4 N–H and O–H groups in total. The maximum atomic E-state index is 13.2. The van der Waals surface area contributed by atoms with E-state index in [0.29, 0.717) is 31.0 Å². The van der Waals surface area contributed by atoms with Crippen LogP contribution in [0.3, 0.4) is 0 Å². The molecular formula is C26H30F2N4O2. The van der Waals surface area contributed by atoms with Crippen molar-refractivity contribution in [3.8, 4) is 0 Å². The number of amides is 2. The Hall–Kier alpha value is -3.55. The van der Waals surface area contributed by atoms with Gasteiger partial charge in [0.15, 0.2) is 5.78 Å². The molecule has 8 heteroatoms. The summed E-state index contributed by atoms with van der Waals surface area (Å²) < 4.78 is 26.5. The lowest BCUT2D eigenvalue weighted by molar-refractivity contribution is -0.123. The molecule has 0 bridgehead atoms. The molecule has 1 heterocycles. The average Bonchev–Trinajstić information content (AvgIpc) is 2.81. The highest BCUT2D eigenvalue weighted by Gasteiger charge is 2.35. The van der Waals surface area contributed by atoms with E-state index in [9.17, 15) is 18.4 Å². The molecule has 1 aliphatic rings. The first-order valence-corrected chi connectivity index (χ1v) is 11.2. The lowest BCUT2D eigenvalue weighted by Crippen LogP contribution is -2.36. The minimum atomic E-state index is -0.802. The van der Waals surface area contributed by atoms with Gasteiger partial charge in [-0.15, -0.1) is 0 Å². The second-order valence-corrected chi connectivity index (χ2v) is 9.27. The molecule has 2 amide bonds. The first-order chi connectivity index (χ1) is 16.0. The SMILES string of the molecule is CC(C)CC1(C)N=C(N)C=C(Cc2ccc(CNC(=O)Nc3cc(F)cc(F)c3)cc2)CC1=O. The Morgan fingerprint density at radius 1 is 1.12 bits per heavy atom. The first kappa shape index (κ1) is 25.1. The van der Waals surface area contributed by atoms with Crippen molar-refractivity contribution in [1.82, 2.24) is 5.32 Å². The summed E-state index contributed by atoms with van der Waals surface area (Å²) in [6.07, 6.45) is 3.31. The van der Waals surface area contributed by atoms with E-state index in [-0.39, 0.29) is 18.0 Å². The van der Waals surface area contributed by atoms with Crippen molar-refractivity contribution in [3.05, 3.63) is 76.9 Å². The fraction of sp³-hybridized carbons (Fsp3) is 0.346. The number of hydrogen-bond acceptors (Lipinski definition) is 4. The number of carbonyl (C=O) groups is 2. The van der Waals surface area contributed by atoms with Gasteiger partial charge in [-0.3, -0.25) is 9.79 Å². The number of Topliss-reactive ketones (excluding diaryl/α,β-unsaturated/α-hetero) is 1. The van der Waals surface area contributed by atoms with Crippen LogP contribution in [0.4, 0.5) is 19.3 Å². The molecule has 1 aliphatic heterocycles. The maximum Gasteiger partial charge on any atom is 0.319 e. The highest BCUT2D eigenvalue weighted by Crippen LogP contribution is 2.28. The van der Waals surface area contributed by atoms with Crippen LogP contribution >= 0.6 is 0 Å². The zero-order valence-electron chi connectivity index (χ0n) is 19.6. The standard InChI is InChI=1S/C26H30F2N4O2/c1-16(2)14-26(3)23(33)9-19(10-24(29)32-26)8-17-4-6-18(7-5-17)15-30-25(34)31-22-12-20(27)11-21(28)13-22/h4-7,10-13,16H,8-9,14-15H2,1-3H3,(H2,29,32)(H2,30,31,34). The Kier molecular flexibility index (Phi) is 7.81. The van der Waals surface area contributed by atoms with E-state index in [0.717, 1.165) is 34.9 Å². The number of nitrogens with two attached hydrogens (primary N) is 1. The Morgan fingerprint density at radius 2 is 1.74 bits per heavy atom. The number of hydrogen-bond donors (Lipinski definition) is 3. The van der Waals surface area contributed by atoms with Crippen LogP contribution in [0.15, 0.2) is 59.1 Å². The summed E-state index contributed by atoms with van der Waals surface area (Å²) in [7, 11) is 0. The molecule has 0 aliphatic carbocycles. The third-order valence-electron chi connectivity index (χ3n) is 5.55. The number of amidine groups is 1. The van der Waals surface area contributed by atoms with Crippen molar-refractivity contribution in [2.24, 2.45) is 16.6 Å². The van der Waals surface area contributed by atoms with Gasteiger partial charge in [0, 0.05) is 24.7 Å². The number of benzene rings is 2. The van der Waals surface area contributed by atoms with E-state index in [1.54, 1.807) is 6.08 Å². The molecule has 3 rings (SSSR count). The van der Waals surface area contributed by atoms with Gasteiger partial charge >= 0.3 is 6.03 Å². The molecule has 2 aromatic carbocycles. The summed E-state index contributed by atoms with van der Waals surface area (Å²) in [6.45, 7) is 6.20. The van der Waals surface area contributed by atoms with Crippen LogP contribution in [0.25, 0.3) is 0 Å². The molecule has 0 saturated heterocycles. The van der Waals surface area contributed by atoms with Crippen molar-refractivity contribution in [2.75, 3.05) is 5.32 Å². The maximum absolute atomic E-state index is 13.2. The molecule has 2 aromatic rings. The zero-order valence-corrected chi connectivity index (χ0v) is 19.6. The van der Waals surface area contributed by atoms with Crippen LogP contribution < -0.4 is 16.4 Å². The Morgan fingerprint density at radius 3 is 2.35 bits per heavy atom. The monoisotopic (exact) mass is 468 g/mol. The third kappa shape index (κ3) is 6.97. The van der Waals surface area contributed by atoms with Gasteiger partial charge in [-0.1, -0.05) is 43.7 Å². The second-order valence-electron chi connectivity index (χ2n) is 9.27. The van der Waals surface area contributed by atoms with E-state index >= 15 is 0 Å². The van der Waals surface area contributed by atoms with Gasteiger partial charge in [-0.25, -0.2) is 13.6 Å². The van der Waals surface area contributed by atoms with Crippen molar-refractivity contribution in [2.45, 2.75) is 52.1 Å². The van der Waals surface area contributed by atoms with Crippen molar-refractivity contribution in [3.63, 3.8) is 0 Å². The number of nitrogens with zero attached hydrogens (tertiary/aromatic N) is 1. The molecule has 0 radical (unpaired) electrons. The van der Waals surface area contributed by atoms with Gasteiger partial charge in [-0.05, 0) is 55.0 Å². The molecule has 34 heavy (non-hydrogen) atoms. The largest absolute Gasteiger partial charge is 0.384 e. The van der Waals surface area contributed by atoms with E-state index < -0.39 is 23.2 Å². The Labute approximate surface area is 198 Å². The molecule has 6 nitrogen and oxygen atoms in total. The van der Waals surface area contributed by atoms with Crippen LogP contribution in [-0.2, 0) is 17.8 Å². The first-order valence-electron chi connectivity index (χ1n) is 11.2. The number of ketones is 1. The molecule has 0 saturated carbocycles. The average molecular weight is 469 g/mol. The number of carbonyl (C=O) groups excluding carboxylic acids is 2. The summed E-state index contributed by atoms with van der Waals surface area (Å²) in [4.78, 5) is 29.4. The molecule has 0 aromatic heterocycles. The van der Waals surface area contributed by atoms with Gasteiger partial charge < -0.3 is 16.4 Å². The van der Waals surface area contributed by atoms with Crippen LogP contribution in [0.5, 0.6) is 0 Å². The van der Waals surface area contributed by atoms with Gasteiger partial charge in [0.25, 0.3) is 0 Å². The third-order valence-corrected chi connectivity index (χ3v) is 5.55. The molecular weight excluding hydrogens is 438 g/mol. The van der Waals surface area contributed by atoms with Crippen LogP contribution in [0.2, 0.25) is 0 Å². The predicted molar refractivity (Wildman–Crippen MR) is 130 cm³/mol. The molecule has 180 valence electrons. The smallest absolute Gasteiger partial charge is 0.319 e. The van der Waals surface area contributed by atoms with Crippen molar-refractivity contribution < 1.29 is 18.4 Å². The Balaban J connectivity index is 1.56. The number of allylic oxidation sites excluding steroid dienone is 1. The quantitative estimate of drug-likeness (QED) is 0.540. The number of nitrogens with one attached hydrogen (secondary N) is 2. The Bertz CT molecular complexity index is 1110. The van der Waals surface area contributed by atoms with Crippen LogP contribution in [0.1, 0.15) is 44.7 Å². The highest BCUT2D eigenvalue weighted by atomic mass is 19.1. The number of aliphatic imine (C=N–C) groups is 1. The van der Waals surface area contributed by atoms with E-state index in [1.165, 1.54) is 0 Å². The molecule has 1 atom stereocenters. The highest BCUT2D eigenvalue weighted by molar-refractivity contribution is 6.00. The van der Waals surface area contributed by atoms with Crippen LogP contribution in [-0.4, -0.2) is 23.2 Å². The molecule has 1 unspecified atom stereocenters. The fourth-order valence-corrected chi connectivity index (χ4v) is 4.13. The zero-order chi connectivity index (χ0) is 24.9.